The largest absolute Gasteiger partial charge is 0.491 e. The van der Waals surface area contributed by atoms with Crippen molar-refractivity contribution in [2.45, 2.75) is 73.1 Å². The zero-order valence-corrected chi connectivity index (χ0v) is 35.1. The number of nitrogens with two attached hydrogens (primary N) is 1. The molecule has 6 heterocycles. The van der Waals surface area contributed by atoms with Crippen LogP contribution in [0.5, 0.6) is 11.5 Å². The number of nitrogens with zero attached hydrogens (tertiary/aromatic N) is 11. The summed E-state index contributed by atoms with van der Waals surface area (Å²) in [6, 6.07) is 9.81. The number of hydrogen-bond donors (Lipinski definition) is 5. The highest BCUT2D eigenvalue weighted by Gasteiger charge is 2.24. The SMILES string of the molecule is CCn1nc(C)cc1C(=O)Nc1nc2cc(C(N)=O)cc3c2n1C/C=C/Cn1c(NC(=O)c2cc(C)nn2CC)nc2cc(C(=O)NCCCc4nn[nH]n4)cc(c21)OCCCO3. The number of rotatable bonds is 12. The molecular formula is C41H46N16O6. The van der Waals surface area contributed by atoms with Gasteiger partial charge in [0.05, 0.1) is 35.6 Å². The maximum Gasteiger partial charge on any atom is 0.276 e. The van der Waals surface area contributed by atoms with Crippen molar-refractivity contribution in [2.75, 3.05) is 30.4 Å². The van der Waals surface area contributed by atoms with Gasteiger partial charge in [0.2, 0.25) is 17.8 Å². The third kappa shape index (κ3) is 8.81. The monoisotopic (exact) mass is 858 g/mol. The van der Waals surface area contributed by atoms with Gasteiger partial charge >= 0.3 is 0 Å². The van der Waals surface area contributed by atoms with E-state index in [1.54, 1.807) is 54.9 Å². The van der Waals surface area contributed by atoms with E-state index in [1.807, 2.05) is 39.8 Å². The number of allylic oxidation sites excluding steroid dienone is 2. The number of ether oxygens (including phenoxy) is 2. The number of H-pyrrole nitrogens is 1. The molecule has 2 aromatic carbocycles. The summed E-state index contributed by atoms with van der Waals surface area (Å²) in [6.07, 6.45) is 5.20. The zero-order valence-electron chi connectivity index (χ0n) is 35.1. The van der Waals surface area contributed by atoms with Gasteiger partial charge in [0.25, 0.3) is 17.7 Å². The van der Waals surface area contributed by atoms with E-state index >= 15 is 0 Å². The van der Waals surface area contributed by atoms with Gasteiger partial charge in [0, 0.05) is 56.7 Å². The van der Waals surface area contributed by atoms with Crippen LogP contribution in [0.2, 0.25) is 0 Å². The Balaban J connectivity index is 1.17. The van der Waals surface area contributed by atoms with Gasteiger partial charge in [0.15, 0.2) is 5.82 Å². The predicted octanol–water partition coefficient (Wildman–Crippen LogP) is 3.33. The average Bonchev–Trinajstić information content (AvgIpc) is 4.11. The number of aromatic nitrogens is 12. The van der Waals surface area contributed by atoms with Gasteiger partial charge in [-0.25, -0.2) is 9.97 Å². The number of imidazole rings is 2. The van der Waals surface area contributed by atoms with Crippen molar-refractivity contribution in [3.8, 4) is 11.5 Å². The van der Waals surface area contributed by atoms with Crippen molar-refractivity contribution in [3.05, 3.63) is 88.3 Å². The fourth-order valence-corrected chi connectivity index (χ4v) is 7.39. The molecule has 4 amide bonds. The number of tetrazole rings is 1. The lowest BCUT2D eigenvalue weighted by atomic mass is 10.1. The maximum absolute atomic E-state index is 13.8. The van der Waals surface area contributed by atoms with E-state index in [4.69, 9.17) is 25.2 Å². The Morgan fingerprint density at radius 2 is 1.29 bits per heavy atom. The van der Waals surface area contributed by atoms with Crippen LogP contribution >= 0.6 is 0 Å². The molecule has 0 saturated heterocycles. The predicted molar refractivity (Wildman–Crippen MR) is 229 cm³/mol. The number of amides is 4. The lowest BCUT2D eigenvalue weighted by Gasteiger charge is -2.14. The lowest BCUT2D eigenvalue weighted by Crippen LogP contribution is -2.25. The fraction of sp³-hybridized carbons (Fsp3) is 0.341. The molecular weight excluding hydrogens is 813 g/mol. The standard InChI is InChI=1S/C41H46N16O6/c1-5-56-29(17-23(3)50-56)38(60)46-40-44-27-19-25(36(42)58)21-31-34(27)54(40)13-7-8-14-55-35-28(45-41(55)47-39(61)30-18-24(4)51-57(30)6-2)20-26(22-32(35)63-16-10-15-62-31)37(59)43-12-9-11-33-48-52-53-49-33/h7-8,17-22H,5-6,9-16H2,1-4H3,(H2,42,58)(H,43,59)(H,44,46,60)(H,45,47,61)(H,48,49,52,53)/b8-7+. The lowest BCUT2D eigenvalue weighted by molar-refractivity contribution is 0.0950. The minimum absolute atomic E-state index is 0.143. The number of benzene rings is 2. The molecule has 8 rings (SSSR count). The van der Waals surface area contributed by atoms with Crippen LogP contribution in [-0.4, -0.2) is 103 Å². The summed E-state index contributed by atoms with van der Waals surface area (Å²) in [4.78, 5) is 63.2. The molecule has 0 spiro atoms. The number of aromatic amines is 1. The molecule has 22 heteroatoms. The van der Waals surface area contributed by atoms with Gasteiger partial charge in [-0.15, -0.1) is 10.2 Å². The van der Waals surface area contributed by atoms with Crippen LogP contribution in [0.3, 0.4) is 0 Å². The van der Waals surface area contributed by atoms with Gasteiger partial charge in [-0.3, -0.25) is 39.2 Å². The van der Waals surface area contributed by atoms with Gasteiger partial charge in [-0.1, -0.05) is 17.4 Å². The number of primary amides is 1. The third-order valence-corrected chi connectivity index (χ3v) is 10.3. The molecule has 0 radical (unpaired) electrons. The highest BCUT2D eigenvalue weighted by Crippen LogP contribution is 2.34. The van der Waals surface area contributed by atoms with Gasteiger partial charge < -0.3 is 29.7 Å². The van der Waals surface area contributed by atoms with E-state index < -0.39 is 17.7 Å². The Labute approximate surface area is 359 Å². The second-order valence-corrected chi connectivity index (χ2v) is 14.7. The van der Waals surface area contributed by atoms with E-state index in [9.17, 15) is 19.2 Å². The summed E-state index contributed by atoms with van der Waals surface area (Å²) in [5.74, 6) is -0.230. The van der Waals surface area contributed by atoms with Crippen molar-refractivity contribution in [3.63, 3.8) is 0 Å². The number of carbonyl (C=O) groups excluding carboxylic acids is 4. The summed E-state index contributed by atoms with van der Waals surface area (Å²) in [7, 11) is 0. The Bertz CT molecular complexity index is 2880. The summed E-state index contributed by atoms with van der Waals surface area (Å²) < 4.78 is 19.5. The van der Waals surface area contributed by atoms with Gasteiger partial charge in [-0.05, 0) is 70.5 Å². The van der Waals surface area contributed by atoms with Crippen LogP contribution in [0.15, 0.2) is 48.6 Å². The molecule has 0 unspecified atom stereocenters. The Hall–Kier alpha value is -7.91. The molecule has 63 heavy (non-hydrogen) atoms. The third-order valence-electron chi connectivity index (χ3n) is 10.3. The molecule has 0 saturated carbocycles. The summed E-state index contributed by atoms with van der Waals surface area (Å²) in [5, 5.41) is 31.6. The minimum Gasteiger partial charge on any atom is -0.491 e. The maximum atomic E-state index is 13.8. The first kappa shape index (κ1) is 41.8. The topological polar surface area (TPSA) is 275 Å². The molecule has 7 aromatic rings. The van der Waals surface area contributed by atoms with Crippen molar-refractivity contribution < 1.29 is 28.7 Å². The van der Waals surface area contributed by atoms with E-state index in [0.717, 1.165) is 0 Å². The summed E-state index contributed by atoms with van der Waals surface area (Å²) >= 11 is 0. The summed E-state index contributed by atoms with van der Waals surface area (Å²) in [6.45, 7) is 9.38. The van der Waals surface area contributed by atoms with Crippen molar-refractivity contribution in [1.82, 2.24) is 64.6 Å². The molecule has 0 fully saturated rings. The van der Waals surface area contributed by atoms with E-state index in [2.05, 4.69) is 46.8 Å². The van der Waals surface area contributed by atoms with Crippen LogP contribution in [0, 0.1) is 13.8 Å². The Morgan fingerprint density at radius 3 is 1.79 bits per heavy atom. The highest BCUT2D eigenvalue weighted by atomic mass is 16.5. The molecule has 0 aliphatic carbocycles. The normalized spacial score (nSPS) is 13.5. The van der Waals surface area contributed by atoms with Crippen LogP contribution < -0.4 is 31.2 Å². The number of carbonyl (C=O) groups is 4. The van der Waals surface area contributed by atoms with Crippen LogP contribution in [0.4, 0.5) is 11.9 Å². The molecule has 0 atom stereocenters. The van der Waals surface area contributed by atoms with Gasteiger partial charge in [-0.2, -0.15) is 15.4 Å². The highest BCUT2D eigenvalue weighted by molar-refractivity contribution is 6.05. The number of aryl methyl sites for hydroxylation is 5. The van der Waals surface area contributed by atoms with Crippen molar-refractivity contribution >= 4 is 57.6 Å². The van der Waals surface area contributed by atoms with Crippen molar-refractivity contribution in [2.24, 2.45) is 5.73 Å². The van der Waals surface area contributed by atoms with Gasteiger partial charge in [0.1, 0.15) is 33.9 Å². The van der Waals surface area contributed by atoms with Crippen LogP contribution in [-0.2, 0) is 32.6 Å². The number of nitrogens with one attached hydrogen (secondary N) is 4. The molecule has 6 N–H and O–H groups in total. The Morgan fingerprint density at radius 1 is 0.746 bits per heavy atom. The van der Waals surface area contributed by atoms with Crippen molar-refractivity contribution in [1.29, 1.82) is 0 Å². The zero-order chi connectivity index (χ0) is 44.2. The molecule has 326 valence electrons. The smallest absolute Gasteiger partial charge is 0.276 e. The first-order valence-electron chi connectivity index (χ1n) is 20.5. The fourth-order valence-electron chi connectivity index (χ4n) is 7.39. The number of anilines is 2. The molecule has 0 bridgehead atoms. The van der Waals surface area contributed by atoms with E-state index in [1.165, 1.54) is 0 Å². The average molecular weight is 859 g/mol. The van der Waals surface area contributed by atoms with Crippen LogP contribution in [0.25, 0.3) is 22.1 Å². The molecule has 22 nitrogen and oxygen atoms in total. The first-order valence-corrected chi connectivity index (χ1v) is 20.5. The molecule has 1 aliphatic rings. The quantitative estimate of drug-likeness (QED) is 0.0873. The van der Waals surface area contributed by atoms with E-state index in [-0.39, 0.29) is 49.7 Å². The first-order chi connectivity index (χ1) is 30.5. The summed E-state index contributed by atoms with van der Waals surface area (Å²) in [5.41, 5.74) is 10.1. The molecule has 5 aromatic heterocycles. The van der Waals surface area contributed by atoms with Crippen LogP contribution in [0.1, 0.15) is 85.6 Å². The second-order valence-electron chi connectivity index (χ2n) is 14.7. The second kappa shape index (κ2) is 18.0. The Kier molecular flexibility index (Phi) is 11.9. The molecule has 1 aliphatic heterocycles. The number of hydrogen-bond acceptors (Lipinski definition) is 13. The minimum atomic E-state index is -0.675. The van der Waals surface area contributed by atoms with E-state index in [0.29, 0.717) is 107 Å².